The molecule has 0 radical (unpaired) electrons. The number of hydrogen-bond acceptors (Lipinski definition) is 7. The number of ether oxygens (including phenoxy) is 1. The zero-order valence-corrected chi connectivity index (χ0v) is 24.9. The fourth-order valence-electron chi connectivity index (χ4n) is 4.61. The van der Waals surface area contributed by atoms with Gasteiger partial charge >= 0.3 is 6.09 Å². The molecule has 5 rings (SSSR count). The van der Waals surface area contributed by atoms with Crippen LogP contribution in [0.1, 0.15) is 64.7 Å². The number of hydrogen-bond donors (Lipinski definition) is 3. The molecule has 226 valence electrons. The summed E-state index contributed by atoms with van der Waals surface area (Å²) in [7, 11) is 1.74. The standard InChI is InChI=1S/C32H32N6O6/c1-19(2)43-31(42)38-24-18-25(30(41)35-32(3,4)20-12-7-6-8-13-20)44-26(24)27(36-38)34-28(39)21-14-9-10-15-22(21)33-29(40)23-16-11-17-37(23)5/h6-19H,1-5H3,(H,33,40)(H,35,41)(H,34,36,39). The van der Waals surface area contributed by atoms with Crippen molar-refractivity contribution in [3.05, 3.63) is 102 Å². The number of fused-ring (bicyclic) bond motifs is 1. The minimum Gasteiger partial charge on any atom is -0.445 e. The number of anilines is 2. The molecule has 0 fully saturated rings. The topological polar surface area (TPSA) is 149 Å². The average molecular weight is 597 g/mol. The van der Waals surface area contributed by atoms with E-state index in [2.05, 4.69) is 21.0 Å². The highest BCUT2D eigenvalue weighted by Gasteiger charge is 2.29. The van der Waals surface area contributed by atoms with Crippen LogP contribution in [0.5, 0.6) is 0 Å². The molecular weight excluding hydrogens is 564 g/mol. The first kappa shape index (κ1) is 29.8. The molecule has 0 aliphatic heterocycles. The van der Waals surface area contributed by atoms with Crippen LogP contribution in [0.25, 0.3) is 11.1 Å². The molecule has 0 saturated heterocycles. The van der Waals surface area contributed by atoms with Crippen LogP contribution in [0.3, 0.4) is 0 Å². The summed E-state index contributed by atoms with van der Waals surface area (Å²) in [6, 6.07) is 20.6. The fourth-order valence-corrected chi connectivity index (χ4v) is 4.61. The second kappa shape index (κ2) is 11.9. The van der Waals surface area contributed by atoms with Gasteiger partial charge in [-0.25, -0.2) is 4.79 Å². The van der Waals surface area contributed by atoms with E-state index < -0.39 is 35.5 Å². The largest absolute Gasteiger partial charge is 0.445 e. The van der Waals surface area contributed by atoms with Gasteiger partial charge in [0.25, 0.3) is 17.7 Å². The highest BCUT2D eigenvalue weighted by atomic mass is 16.6. The number of furan rings is 1. The second-order valence-corrected chi connectivity index (χ2v) is 10.9. The van der Waals surface area contributed by atoms with E-state index in [1.54, 1.807) is 62.0 Å². The van der Waals surface area contributed by atoms with Crippen molar-refractivity contribution in [3.63, 3.8) is 0 Å². The predicted octanol–water partition coefficient (Wildman–Crippen LogP) is 5.53. The van der Waals surface area contributed by atoms with Crippen molar-refractivity contribution in [2.24, 2.45) is 7.05 Å². The molecule has 2 aromatic carbocycles. The molecule has 0 aliphatic rings. The first-order chi connectivity index (χ1) is 20.9. The third-order valence-electron chi connectivity index (χ3n) is 6.84. The van der Waals surface area contributed by atoms with Crippen molar-refractivity contribution < 1.29 is 28.3 Å². The van der Waals surface area contributed by atoms with Crippen LogP contribution in [0.2, 0.25) is 0 Å². The Balaban J connectivity index is 1.46. The number of aryl methyl sites for hydroxylation is 1. The van der Waals surface area contributed by atoms with E-state index in [4.69, 9.17) is 9.15 Å². The van der Waals surface area contributed by atoms with E-state index in [0.717, 1.165) is 10.2 Å². The van der Waals surface area contributed by atoms with Crippen LogP contribution in [0, 0.1) is 0 Å². The number of para-hydroxylation sites is 1. The minimum atomic E-state index is -0.821. The molecule has 5 aromatic rings. The summed E-state index contributed by atoms with van der Waals surface area (Å²) in [6.07, 6.45) is 0.457. The van der Waals surface area contributed by atoms with Crippen LogP contribution < -0.4 is 16.0 Å². The molecule has 0 unspecified atom stereocenters. The van der Waals surface area contributed by atoms with Crippen molar-refractivity contribution in [2.45, 2.75) is 39.3 Å². The maximum absolute atomic E-state index is 13.5. The monoisotopic (exact) mass is 596 g/mol. The van der Waals surface area contributed by atoms with E-state index in [1.165, 1.54) is 12.1 Å². The number of benzene rings is 2. The lowest BCUT2D eigenvalue weighted by molar-refractivity contribution is 0.0884. The van der Waals surface area contributed by atoms with Crippen molar-refractivity contribution in [1.29, 1.82) is 0 Å². The zero-order valence-electron chi connectivity index (χ0n) is 24.9. The zero-order chi connectivity index (χ0) is 31.6. The van der Waals surface area contributed by atoms with Gasteiger partial charge in [0, 0.05) is 19.3 Å². The third kappa shape index (κ3) is 6.09. The number of carbonyl (C=O) groups excluding carboxylic acids is 4. The Labute approximate surface area is 253 Å². The summed E-state index contributed by atoms with van der Waals surface area (Å²) in [5, 5.41) is 12.6. The molecule has 0 atom stereocenters. The lowest BCUT2D eigenvalue weighted by Crippen LogP contribution is -2.40. The number of amides is 3. The van der Waals surface area contributed by atoms with Crippen molar-refractivity contribution in [3.8, 4) is 0 Å². The first-order valence-corrected chi connectivity index (χ1v) is 13.9. The number of aromatic nitrogens is 3. The number of rotatable bonds is 8. The third-order valence-corrected chi connectivity index (χ3v) is 6.84. The van der Waals surface area contributed by atoms with Crippen molar-refractivity contribution >= 4 is 46.4 Å². The highest BCUT2D eigenvalue weighted by Crippen LogP contribution is 2.29. The maximum atomic E-state index is 13.5. The fraction of sp³-hybridized carbons (Fsp3) is 0.219. The summed E-state index contributed by atoms with van der Waals surface area (Å²) in [5.74, 6) is -1.79. The van der Waals surface area contributed by atoms with Gasteiger partial charge in [-0.15, -0.1) is 5.10 Å². The number of carbonyl (C=O) groups is 4. The highest BCUT2D eigenvalue weighted by molar-refractivity contribution is 6.14. The normalized spacial score (nSPS) is 11.4. The van der Waals surface area contributed by atoms with Gasteiger partial charge < -0.3 is 29.7 Å². The first-order valence-electron chi connectivity index (χ1n) is 13.9. The summed E-state index contributed by atoms with van der Waals surface area (Å²) >= 11 is 0. The van der Waals surface area contributed by atoms with E-state index in [1.807, 2.05) is 44.2 Å². The van der Waals surface area contributed by atoms with Gasteiger partial charge in [-0.1, -0.05) is 42.5 Å². The molecule has 3 amide bonds. The predicted molar refractivity (Wildman–Crippen MR) is 164 cm³/mol. The molecule has 12 nitrogen and oxygen atoms in total. The molecule has 44 heavy (non-hydrogen) atoms. The SMILES string of the molecule is CC(C)OC(=O)n1nc(NC(=O)c2ccccc2NC(=O)c2cccn2C)c2oc(C(=O)NC(C)(C)c3ccccc3)cc21. The summed E-state index contributed by atoms with van der Waals surface area (Å²) < 4.78 is 13.8. The van der Waals surface area contributed by atoms with E-state index in [9.17, 15) is 19.2 Å². The molecule has 3 N–H and O–H groups in total. The van der Waals surface area contributed by atoms with Gasteiger partial charge in [-0.3, -0.25) is 14.4 Å². The maximum Gasteiger partial charge on any atom is 0.435 e. The molecule has 3 heterocycles. The smallest absolute Gasteiger partial charge is 0.435 e. The molecule has 12 heteroatoms. The Kier molecular flexibility index (Phi) is 8.08. The minimum absolute atomic E-state index is 0.00736. The van der Waals surface area contributed by atoms with Crippen LogP contribution in [-0.2, 0) is 17.3 Å². The summed E-state index contributed by atoms with van der Waals surface area (Å²) in [6.45, 7) is 7.07. The molecule has 0 aliphatic carbocycles. The van der Waals surface area contributed by atoms with Crippen molar-refractivity contribution in [2.75, 3.05) is 10.6 Å². The van der Waals surface area contributed by atoms with E-state index in [0.29, 0.717) is 5.69 Å². The van der Waals surface area contributed by atoms with Gasteiger partial charge in [0.2, 0.25) is 0 Å². The average Bonchev–Trinajstić information content (AvgIpc) is 3.69. The lowest BCUT2D eigenvalue weighted by atomic mass is 9.94. The van der Waals surface area contributed by atoms with Crippen LogP contribution >= 0.6 is 0 Å². The Hall–Kier alpha value is -5.65. The van der Waals surface area contributed by atoms with Crippen molar-refractivity contribution in [1.82, 2.24) is 19.7 Å². The van der Waals surface area contributed by atoms with Crippen LogP contribution in [0.15, 0.2) is 83.4 Å². The van der Waals surface area contributed by atoms with E-state index in [-0.39, 0.29) is 33.9 Å². The molecule has 0 spiro atoms. The summed E-state index contributed by atoms with van der Waals surface area (Å²) in [4.78, 5) is 52.6. The molecule has 0 bridgehead atoms. The Morgan fingerprint density at radius 2 is 1.59 bits per heavy atom. The van der Waals surface area contributed by atoms with Gasteiger partial charge in [-0.05, 0) is 57.5 Å². The molecular formula is C32H32N6O6. The summed E-state index contributed by atoms with van der Waals surface area (Å²) in [5.41, 5.74) is 1.05. The molecule has 3 aromatic heterocycles. The molecule has 0 saturated carbocycles. The number of nitrogens with one attached hydrogen (secondary N) is 3. The van der Waals surface area contributed by atoms with E-state index >= 15 is 0 Å². The van der Waals surface area contributed by atoms with Gasteiger partial charge in [0.15, 0.2) is 17.2 Å². The quantitative estimate of drug-likeness (QED) is 0.213. The van der Waals surface area contributed by atoms with Gasteiger partial charge in [0.05, 0.1) is 22.9 Å². The second-order valence-electron chi connectivity index (χ2n) is 10.9. The Morgan fingerprint density at radius 1 is 0.886 bits per heavy atom. The Bertz CT molecular complexity index is 1860. The lowest BCUT2D eigenvalue weighted by Gasteiger charge is -2.26. The van der Waals surface area contributed by atoms with Gasteiger partial charge in [0.1, 0.15) is 11.2 Å². The van der Waals surface area contributed by atoms with Gasteiger partial charge in [-0.2, -0.15) is 4.68 Å². The van der Waals surface area contributed by atoms with Crippen LogP contribution in [-0.4, -0.2) is 44.3 Å². The van der Waals surface area contributed by atoms with Crippen LogP contribution in [0.4, 0.5) is 16.3 Å². The number of nitrogens with zero attached hydrogens (tertiary/aromatic N) is 3. The Morgan fingerprint density at radius 3 is 2.27 bits per heavy atom.